The Kier molecular flexibility index (Phi) is 5.54. The smallest absolute Gasteiger partial charge is 0.409 e. The molecule has 1 amide bonds. The highest BCUT2D eigenvalue weighted by molar-refractivity contribution is 9.10. The number of rotatable bonds is 3. The lowest BCUT2D eigenvalue weighted by molar-refractivity contribution is -0.00639. The standard InChI is InChI=1S/C20H22BrFN4O4/c1-4-30-20(28)25-6-5-15(17(10-25)29-3)26-18-11-7-12(21)13(22)8-14(11)23-9-16(18)24(2)19(26)27/h7-9,15,17H,4-6,10H2,1-3H3/t15-,17+/m0/s1. The monoisotopic (exact) mass is 480 g/mol. The van der Waals surface area contributed by atoms with E-state index in [9.17, 15) is 14.0 Å². The van der Waals surface area contributed by atoms with E-state index in [0.717, 1.165) is 0 Å². The van der Waals surface area contributed by atoms with E-state index in [4.69, 9.17) is 9.47 Å². The first-order chi connectivity index (χ1) is 14.4. The first-order valence-corrected chi connectivity index (χ1v) is 10.5. The average molecular weight is 481 g/mol. The number of imidazole rings is 1. The maximum absolute atomic E-state index is 14.1. The van der Waals surface area contributed by atoms with Gasteiger partial charge < -0.3 is 14.4 Å². The Hall–Kier alpha value is -2.46. The van der Waals surface area contributed by atoms with Crippen molar-refractivity contribution in [1.29, 1.82) is 0 Å². The van der Waals surface area contributed by atoms with Crippen LogP contribution in [0.2, 0.25) is 0 Å². The number of carbonyl (C=O) groups excluding carboxylic acids is 1. The Labute approximate surface area is 180 Å². The number of likely N-dealkylation sites (tertiary alicyclic amines) is 1. The molecule has 0 spiro atoms. The number of piperidine rings is 1. The molecule has 30 heavy (non-hydrogen) atoms. The summed E-state index contributed by atoms with van der Waals surface area (Å²) in [5.41, 5.74) is 1.57. The van der Waals surface area contributed by atoms with Crippen LogP contribution in [0.3, 0.4) is 0 Å². The van der Waals surface area contributed by atoms with Crippen molar-refractivity contribution >= 4 is 44.0 Å². The van der Waals surface area contributed by atoms with Gasteiger partial charge >= 0.3 is 11.8 Å². The van der Waals surface area contributed by atoms with E-state index in [2.05, 4.69) is 20.9 Å². The van der Waals surface area contributed by atoms with E-state index >= 15 is 0 Å². The van der Waals surface area contributed by atoms with Crippen molar-refractivity contribution in [2.45, 2.75) is 25.5 Å². The van der Waals surface area contributed by atoms with Crippen LogP contribution in [0.15, 0.2) is 27.6 Å². The fourth-order valence-corrected chi connectivity index (χ4v) is 4.48. The van der Waals surface area contributed by atoms with E-state index in [1.165, 1.54) is 10.6 Å². The van der Waals surface area contributed by atoms with Crippen LogP contribution < -0.4 is 5.69 Å². The summed E-state index contributed by atoms with van der Waals surface area (Å²) in [6.07, 6.45) is 1.30. The lowest BCUT2D eigenvalue weighted by atomic mass is 10.0. The van der Waals surface area contributed by atoms with Crippen LogP contribution in [-0.2, 0) is 16.5 Å². The predicted octanol–water partition coefficient (Wildman–Crippen LogP) is 3.21. The third-order valence-corrected chi connectivity index (χ3v) is 6.25. The Morgan fingerprint density at radius 1 is 1.40 bits per heavy atom. The molecule has 1 aromatic carbocycles. The van der Waals surface area contributed by atoms with Crippen LogP contribution in [0.25, 0.3) is 21.9 Å². The van der Waals surface area contributed by atoms with Crippen molar-refractivity contribution in [3.63, 3.8) is 0 Å². The van der Waals surface area contributed by atoms with Crippen LogP contribution >= 0.6 is 15.9 Å². The van der Waals surface area contributed by atoms with Gasteiger partial charge in [-0.1, -0.05) is 0 Å². The summed E-state index contributed by atoms with van der Waals surface area (Å²) in [6, 6.07) is 2.69. The van der Waals surface area contributed by atoms with Crippen molar-refractivity contribution in [2.24, 2.45) is 7.05 Å². The number of hydrogen-bond acceptors (Lipinski definition) is 5. The van der Waals surface area contributed by atoms with Gasteiger partial charge in [-0.15, -0.1) is 0 Å². The summed E-state index contributed by atoms with van der Waals surface area (Å²) in [7, 11) is 3.25. The first-order valence-electron chi connectivity index (χ1n) is 9.66. The highest BCUT2D eigenvalue weighted by Crippen LogP contribution is 2.33. The van der Waals surface area contributed by atoms with E-state index in [1.807, 2.05) is 0 Å². The van der Waals surface area contributed by atoms with Crippen LogP contribution in [0, 0.1) is 5.82 Å². The molecule has 8 nitrogen and oxygen atoms in total. The molecule has 0 aliphatic carbocycles. The summed E-state index contributed by atoms with van der Waals surface area (Å²) in [5, 5.41) is 0.668. The van der Waals surface area contributed by atoms with Gasteiger partial charge in [-0.25, -0.2) is 14.0 Å². The van der Waals surface area contributed by atoms with Gasteiger partial charge in [0, 0.05) is 32.2 Å². The second-order valence-corrected chi connectivity index (χ2v) is 8.12. The lowest BCUT2D eigenvalue weighted by Gasteiger charge is -2.37. The van der Waals surface area contributed by atoms with Crippen LogP contribution in [0.1, 0.15) is 19.4 Å². The van der Waals surface area contributed by atoms with Gasteiger partial charge in [0.25, 0.3) is 0 Å². The molecule has 160 valence electrons. The predicted molar refractivity (Wildman–Crippen MR) is 113 cm³/mol. The molecule has 2 atom stereocenters. The molecule has 0 bridgehead atoms. The molecule has 1 saturated heterocycles. The van der Waals surface area contributed by atoms with Gasteiger partial charge in [-0.2, -0.15) is 0 Å². The molecular weight excluding hydrogens is 459 g/mol. The van der Waals surface area contributed by atoms with E-state index in [1.54, 1.807) is 42.8 Å². The molecule has 0 radical (unpaired) electrons. The minimum Gasteiger partial charge on any atom is -0.450 e. The zero-order valence-electron chi connectivity index (χ0n) is 16.9. The molecule has 10 heteroatoms. The second-order valence-electron chi connectivity index (χ2n) is 7.26. The number of nitrogens with zero attached hydrogens (tertiary/aromatic N) is 4. The normalized spacial score (nSPS) is 19.6. The number of aromatic nitrogens is 3. The van der Waals surface area contributed by atoms with E-state index < -0.39 is 18.0 Å². The largest absolute Gasteiger partial charge is 0.450 e. The van der Waals surface area contributed by atoms with Gasteiger partial charge in [0.05, 0.1) is 52.5 Å². The summed E-state index contributed by atoms with van der Waals surface area (Å²) >= 11 is 3.23. The molecule has 0 saturated carbocycles. The van der Waals surface area contributed by atoms with Gasteiger partial charge in [0.1, 0.15) is 5.82 Å². The highest BCUT2D eigenvalue weighted by atomic mass is 79.9. The first kappa shape index (κ1) is 20.8. The number of methoxy groups -OCH3 is 1. The number of benzene rings is 1. The topological polar surface area (TPSA) is 78.6 Å². The number of ether oxygens (including phenoxy) is 2. The van der Waals surface area contributed by atoms with Gasteiger partial charge in [0.2, 0.25) is 0 Å². The minimum absolute atomic E-state index is 0.212. The molecule has 2 aromatic heterocycles. The molecule has 1 aliphatic rings. The third-order valence-electron chi connectivity index (χ3n) is 5.64. The van der Waals surface area contributed by atoms with Crippen LogP contribution in [-0.4, -0.2) is 58.0 Å². The Morgan fingerprint density at radius 2 is 2.17 bits per heavy atom. The summed E-state index contributed by atoms with van der Waals surface area (Å²) in [4.78, 5) is 31.3. The van der Waals surface area contributed by atoms with Crippen LogP contribution in [0.5, 0.6) is 0 Å². The minimum atomic E-state index is -0.420. The van der Waals surface area contributed by atoms with Crippen molar-refractivity contribution in [3.8, 4) is 0 Å². The van der Waals surface area contributed by atoms with Crippen molar-refractivity contribution in [1.82, 2.24) is 19.0 Å². The second kappa shape index (κ2) is 7.99. The third kappa shape index (κ3) is 3.27. The highest BCUT2D eigenvalue weighted by Gasteiger charge is 2.36. The number of amides is 1. The maximum atomic E-state index is 14.1. The Balaban J connectivity index is 1.87. The molecule has 0 unspecified atom stereocenters. The average Bonchev–Trinajstić information content (AvgIpc) is 2.99. The van der Waals surface area contributed by atoms with Crippen molar-refractivity contribution < 1.29 is 18.7 Å². The zero-order valence-corrected chi connectivity index (χ0v) is 18.5. The number of halogens is 2. The van der Waals surface area contributed by atoms with E-state index in [0.29, 0.717) is 52.5 Å². The number of hydrogen-bond donors (Lipinski definition) is 0. The Bertz CT molecular complexity index is 1190. The maximum Gasteiger partial charge on any atom is 0.409 e. The molecule has 1 aliphatic heterocycles. The van der Waals surface area contributed by atoms with Crippen LogP contribution in [0.4, 0.5) is 9.18 Å². The summed E-state index contributed by atoms with van der Waals surface area (Å²) in [5.74, 6) is -0.420. The SMILES string of the molecule is CCOC(=O)N1CC[C@H](n2c(=O)n(C)c3cnc4cc(F)c(Br)cc4c32)[C@H](OC)C1. The lowest BCUT2D eigenvalue weighted by Crippen LogP contribution is -2.49. The molecular formula is C20H22BrFN4O4. The number of pyridine rings is 1. The van der Waals surface area contributed by atoms with Gasteiger partial charge in [-0.05, 0) is 35.3 Å². The van der Waals surface area contributed by atoms with Gasteiger partial charge in [-0.3, -0.25) is 14.1 Å². The fraction of sp³-hybridized carbons (Fsp3) is 0.450. The zero-order chi connectivity index (χ0) is 21.6. The quantitative estimate of drug-likeness (QED) is 0.574. The summed E-state index contributed by atoms with van der Waals surface area (Å²) in [6.45, 7) is 2.80. The van der Waals surface area contributed by atoms with Crippen molar-refractivity contribution in [2.75, 3.05) is 26.8 Å². The Morgan fingerprint density at radius 3 is 2.87 bits per heavy atom. The molecule has 4 rings (SSSR count). The van der Waals surface area contributed by atoms with E-state index in [-0.39, 0.29) is 11.7 Å². The number of aryl methyl sites for hydroxylation is 1. The molecule has 0 N–H and O–H groups in total. The molecule has 1 fully saturated rings. The number of carbonyl (C=O) groups is 1. The number of fused-ring (bicyclic) bond motifs is 3. The fourth-order valence-electron chi connectivity index (χ4n) is 4.14. The van der Waals surface area contributed by atoms with Gasteiger partial charge in [0.15, 0.2) is 0 Å². The molecule has 3 heterocycles. The summed E-state index contributed by atoms with van der Waals surface area (Å²) < 4.78 is 28.4. The molecule has 3 aromatic rings. The van der Waals surface area contributed by atoms with Crippen molar-refractivity contribution in [3.05, 3.63) is 39.1 Å².